The number of fused-ring (bicyclic) bond motifs is 1. The lowest BCUT2D eigenvalue weighted by Crippen LogP contribution is -2.51. The van der Waals surface area contributed by atoms with Crippen molar-refractivity contribution >= 4 is 23.5 Å². The predicted octanol–water partition coefficient (Wildman–Crippen LogP) is 1.49. The van der Waals surface area contributed by atoms with Crippen molar-refractivity contribution in [2.24, 2.45) is 11.8 Å². The number of hydrogen-bond acceptors (Lipinski definition) is 7. The summed E-state index contributed by atoms with van der Waals surface area (Å²) < 4.78 is 0. The number of carbonyl (C=O) groups is 2. The summed E-state index contributed by atoms with van der Waals surface area (Å²) in [6.07, 6.45) is 5.51. The first-order valence-corrected chi connectivity index (χ1v) is 10.9. The minimum absolute atomic E-state index is 0.0257. The molecule has 1 aromatic carbocycles. The van der Waals surface area contributed by atoms with Crippen molar-refractivity contribution in [2.45, 2.75) is 44.8 Å². The van der Waals surface area contributed by atoms with E-state index < -0.39 is 11.9 Å². The molecule has 2 amide bonds. The van der Waals surface area contributed by atoms with Crippen molar-refractivity contribution < 1.29 is 19.8 Å². The van der Waals surface area contributed by atoms with Crippen molar-refractivity contribution in [3.63, 3.8) is 0 Å². The first-order valence-electron chi connectivity index (χ1n) is 10.9. The van der Waals surface area contributed by atoms with E-state index in [4.69, 9.17) is 0 Å². The average Bonchev–Trinajstić information content (AvgIpc) is 3.64. The van der Waals surface area contributed by atoms with Crippen LogP contribution in [-0.2, 0) is 4.79 Å². The Bertz CT molecular complexity index is 978. The van der Waals surface area contributed by atoms with Gasteiger partial charge in [0, 0.05) is 42.5 Å². The van der Waals surface area contributed by atoms with Gasteiger partial charge >= 0.3 is 0 Å². The molecule has 170 valence electrons. The molecule has 4 N–H and O–H groups in total. The number of amides is 2. The van der Waals surface area contributed by atoms with Crippen molar-refractivity contribution in [3.05, 3.63) is 47.8 Å². The third-order valence-corrected chi connectivity index (χ3v) is 6.32. The molecule has 32 heavy (non-hydrogen) atoms. The van der Waals surface area contributed by atoms with Gasteiger partial charge < -0.3 is 25.7 Å². The smallest absolute Gasteiger partial charge is 0.251 e. The Kier molecular flexibility index (Phi) is 6.38. The minimum Gasteiger partial charge on any atom is -0.394 e. The molecule has 2 heterocycles. The van der Waals surface area contributed by atoms with Crippen LogP contribution in [0.5, 0.6) is 0 Å². The fourth-order valence-corrected chi connectivity index (χ4v) is 4.64. The Hall–Kier alpha value is -3.04. The van der Waals surface area contributed by atoms with Crippen LogP contribution in [0.1, 0.15) is 48.7 Å². The van der Waals surface area contributed by atoms with E-state index in [1.165, 1.54) is 0 Å². The summed E-state index contributed by atoms with van der Waals surface area (Å²) in [5.74, 6) is 0.560. The van der Waals surface area contributed by atoms with E-state index >= 15 is 0 Å². The molecule has 3 atom stereocenters. The van der Waals surface area contributed by atoms with E-state index in [1.807, 2.05) is 4.90 Å². The van der Waals surface area contributed by atoms with Gasteiger partial charge in [0.25, 0.3) is 5.91 Å². The standard InChI is InChI=1S/C23H29N5O4/c1-13-20(27-23-24-8-3-9-25-23)18-10-16(22(32)26-17(11-29)12-30)6-7-19(18)28(14(2)31)21(13)15-4-5-15/h3,6-10,13,15,17,20-21,29-30H,4-5,11-12H2,1-2H3,(H,26,32)(H,24,25,27)/t13-,20-,21?/m1/s1. The van der Waals surface area contributed by atoms with Gasteiger partial charge in [0.15, 0.2) is 0 Å². The molecule has 4 rings (SSSR count). The predicted molar refractivity (Wildman–Crippen MR) is 119 cm³/mol. The second-order valence-electron chi connectivity index (χ2n) is 8.58. The SMILES string of the molecule is CC(=O)N1c2ccc(C(=O)NC(CO)CO)cc2[C@H](Nc2ncccn2)[C@@H](C)C1C1CC1. The summed E-state index contributed by atoms with van der Waals surface area (Å²) in [4.78, 5) is 35.9. The second kappa shape index (κ2) is 9.22. The number of nitrogens with zero attached hydrogens (tertiary/aromatic N) is 3. The summed E-state index contributed by atoms with van der Waals surface area (Å²) in [6.45, 7) is 2.97. The van der Waals surface area contributed by atoms with E-state index in [2.05, 4.69) is 27.5 Å². The van der Waals surface area contributed by atoms with Crippen molar-refractivity contribution in [1.29, 1.82) is 0 Å². The number of aliphatic hydroxyl groups is 2. The molecule has 1 aromatic heterocycles. The van der Waals surface area contributed by atoms with Crippen LogP contribution < -0.4 is 15.5 Å². The first kappa shape index (κ1) is 22.2. The molecule has 0 spiro atoms. The van der Waals surface area contributed by atoms with Gasteiger partial charge in [-0.15, -0.1) is 0 Å². The highest BCUT2D eigenvalue weighted by molar-refractivity contribution is 5.98. The Morgan fingerprint density at radius 2 is 1.88 bits per heavy atom. The molecule has 0 radical (unpaired) electrons. The molecule has 1 aliphatic heterocycles. The molecule has 1 fully saturated rings. The molecule has 0 bridgehead atoms. The molecule has 1 unspecified atom stereocenters. The summed E-state index contributed by atoms with van der Waals surface area (Å²) in [5.41, 5.74) is 1.98. The van der Waals surface area contributed by atoms with E-state index in [1.54, 1.807) is 43.6 Å². The zero-order chi connectivity index (χ0) is 22.8. The van der Waals surface area contributed by atoms with Crippen molar-refractivity contribution in [2.75, 3.05) is 23.4 Å². The van der Waals surface area contributed by atoms with Gasteiger partial charge in [-0.25, -0.2) is 9.97 Å². The Labute approximate surface area is 186 Å². The van der Waals surface area contributed by atoms with Crippen LogP contribution in [0, 0.1) is 11.8 Å². The fraction of sp³-hybridized carbons (Fsp3) is 0.478. The van der Waals surface area contributed by atoms with Crippen LogP contribution in [0.25, 0.3) is 0 Å². The Morgan fingerprint density at radius 3 is 2.47 bits per heavy atom. The molecule has 9 heteroatoms. The number of nitrogens with one attached hydrogen (secondary N) is 2. The number of benzene rings is 1. The monoisotopic (exact) mass is 439 g/mol. The molecule has 2 aliphatic rings. The van der Waals surface area contributed by atoms with Crippen LogP contribution in [0.4, 0.5) is 11.6 Å². The third-order valence-electron chi connectivity index (χ3n) is 6.32. The van der Waals surface area contributed by atoms with Gasteiger partial charge in [0.05, 0.1) is 25.3 Å². The largest absolute Gasteiger partial charge is 0.394 e. The van der Waals surface area contributed by atoms with Gasteiger partial charge in [-0.05, 0) is 48.6 Å². The lowest BCUT2D eigenvalue weighted by molar-refractivity contribution is -0.117. The van der Waals surface area contributed by atoms with Gasteiger partial charge in [-0.1, -0.05) is 6.92 Å². The van der Waals surface area contributed by atoms with E-state index in [0.717, 1.165) is 24.1 Å². The van der Waals surface area contributed by atoms with Crippen LogP contribution in [0.3, 0.4) is 0 Å². The normalized spacial score (nSPS) is 22.4. The maximum atomic E-state index is 12.7. The summed E-state index contributed by atoms with van der Waals surface area (Å²) in [6, 6.07) is 6.10. The number of hydrogen-bond donors (Lipinski definition) is 4. The lowest BCUT2D eigenvalue weighted by atomic mass is 9.79. The maximum Gasteiger partial charge on any atom is 0.251 e. The van der Waals surface area contributed by atoms with E-state index in [9.17, 15) is 19.8 Å². The molecule has 1 saturated carbocycles. The van der Waals surface area contributed by atoms with Crippen molar-refractivity contribution in [1.82, 2.24) is 15.3 Å². The summed E-state index contributed by atoms with van der Waals surface area (Å²) >= 11 is 0. The molecule has 2 aromatic rings. The second-order valence-corrected chi connectivity index (χ2v) is 8.58. The maximum absolute atomic E-state index is 12.7. The van der Waals surface area contributed by atoms with Crippen LogP contribution in [0.2, 0.25) is 0 Å². The molecule has 9 nitrogen and oxygen atoms in total. The quantitative estimate of drug-likeness (QED) is 0.515. The number of aliphatic hydroxyl groups excluding tert-OH is 2. The van der Waals surface area contributed by atoms with Crippen LogP contribution in [0.15, 0.2) is 36.7 Å². The van der Waals surface area contributed by atoms with E-state index in [0.29, 0.717) is 17.4 Å². The zero-order valence-electron chi connectivity index (χ0n) is 18.2. The number of carbonyl (C=O) groups excluding carboxylic acids is 2. The Morgan fingerprint density at radius 1 is 1.19 bits per heavy atom. The highest BCUT2D eigenvalue weighted by Crippen LogP contribution is 2.50. The molecule has 0 saturated heterocycles. The fourth-order valence-electron chi connectivity index (χ4n) is 4.64. The summed E-state index contributed by atoms with van der Waals surface area (Å²) in [7, 11) is 0. The van der Waals surface area contributed by atoms with Crippen molar-refractivity contribution in [3.8, 4) is 0 Å². The summed E-state index contributed by atoms with van der Waals surface area (Å²) in [5, 5.41) is 24.6. The minimum atomic E-state index is -0.739. The van der Waals surface area contributed by atoms with Gasteiger partial charge in [-0.2, -0.15) is 0 Å². The highest BCUT2D eigenvalue weighted by Gasteiger charge is 2.47. The molecule has 1 aliphatic carbocycles. The highest BCUT2D eigenvalue weighted by atomic mass is 16.3. The Balaban J connectivity index is 1.75. The number of aromatic nitrogens is 2. The van der Waals surface area contributed by atoms with Gasteiger partial charge in [0.1, 0.15) is 0 Å². The molecular formula is C23H29N5O4. The lowest BCUT2D eigenvalue weighted by Gasteiger charge is -2.45. The first-order chi connectivity index (χ1) is 15.4. The van der Waals surface area contributed by atoms with E-state index in [-0.39, 0.29) is 37.1 Å². The van der Waals surface area contributed by atoms with Crippen LogP contribution >= 0.6 is 0 Å². The number of rotatable bonds is 7. The average molecular weight is 440 g/mol. The van der Waals surface area contributed by atoms with Gasteiger partial charge in [0.2, 0.25) is 11.9 Å². The van der Waals surface area contributed by atoms with Gasteiger partial charge in [-0.3, -0.25) is 9.59 Å². The van der Waals surface area contributed by atoms with Crippen LogP contribution in [-0.4, -0.2) is 57.3 Å². The molecular weight excluding hydrogens is 410 g/mol. The topological polar surface area (TPSA) is 128 Å². The third kappa shape index (κ3) is 4.31. The zero-order valence-corrected chi connectivity index (χ0v) is 18.2. The number of anilines is 2.